The molecule has 1 aliphatic rings. The molecule has 0 amide bonds. The van der Waals surface area contributed by atoms with Gasteiger partial charge in [-0.05, 0) is 56.3 Å². The summed E-state index contributed by atoms with van der Waals surface area (Å²) in [6.45, 7) is 9.13. The number of nitrogens with zero attached hydrogens (tertiary/aromatic N) is 1. The van der Waals surface area contributed by atoms with E-state index in [0.29, 0.717) is 6.04 Å². The standard InChI is InChI=1S/C18H30N2/c1-4-15-10-12-20(13-11-15)18(17(19)5-2)16-9-7-6-8-14(16)3/h6-9,15,17-18H,4-5,10-13,19H2,1-3H3. The molecule has 2 nitrogen and oxygen atoms in total. The molecule has 1 fully saturated rings. The molecule has 2 unspecified atom stereocenters. The van der Waals surface area contributed by atoms with Crippen molar-refractivity contribution in [1.82, 2.24) is 4.90 Å². The van der Waals surface area contributed by atoms with Gasteiger partial charge in [0.2, 0.25) is 0 Å². The smallest absolute Gasteiger partial charge is 0.0501 e. The average Bonchev–Trinajstić information content (AvgIpc) is 2.50. The molecule has 2 atom stereocenters. The molecule has 1 aromatic rings. The minimum atomic E-state index is 0.231. The summed E-state index contributed by atoms with van der Waals surface area (Å²) in [5.74, 6) is 0.918. The number of likely N-dealkylation sites (tertiary alicyclic amines) is 1. The lowest BCUT2D eigenvalue weighted by molar-refractivity contribution is 0.112. The summed E-state index contributed by atoms with van der Waals surface area (Å²) in [4.78, 5) is 2.63. The van der Waals surface area contributed by atoms with Crippen molar-refractivity contribution < 1.29 is 0 Å². The Kier molecular flexibility index (Phi) is 5.62. The summed E-state index contributed by atoms with van der Waals surface area (Å²) in [6, 6.07) is 9.37. The SMILES string of the molecule is CCC1CCN(C(c2ccccc2C)C(N)CC)CC1. The van der Waals surface area contributed by atoms with Gasteiger partial charge in [-0.1, -0.05) is 44.5 Å². The number of benzene rings is 1. The van der Waals surface area contributed by atoms with Crippen LogP contribution in [0.15, 0.2) is 24.3 Å². The number of nitrogens with two attached hydrogens (primary N) is 1. The van der Waals surface area contributed by atoms with Crippen LogP contribution in [0.4, 0.5) is 0 Å². The molecule has 2 heteroatoms. The molecule has 0 aliphatic carbocycles. The van der Waals surface area contributed by atoms with Gasteiger partial charge in [0.05, 0.1) is 6.04 Å². The van der Waals surface area contributed by atoms with E-state index in [9.17, 15) is 0 Å². The van der Waals surface area contributed by atoms with Crippen LogP contribution in [0, 0.1) is 12.8 Å². The molecule has 20 heavy (non-hydrogen) atoms. The first-order chi connectivity index (χ1) is 9.67. The Morgan fingerprint density at radius 2 is 1.85 bits per heavy atom. The maximum absolute atomic E-state index is 6.47. The lowest BCUT2D eigenvalue weighted by atomic mass is 9.88. The maximum Gasteiger partial charge on any atom is 0.0501 e. The molecular formula is C18H30N2. The predicted molar refractivity (Wildman–Crippen MR) is 86.8 cm³/mol. The molecule has 0 saturated carbocycles. The van der Waals surface area contributed by atoms with E-state index in [0.717, 1.165) is 12.3 Å². The van der Waals surface area contributed by atoms with Gasteiger partial charge in [-0.2, -0.15) is 0 Å². The minimum absolute atomic E-state index is 0.231. The Bertz CT molecular complexity index is 408. The molecule has 1 aromatic carbocycles. The summed E-state index contributed by atoms with van der Waals surface area (Å²) in [7, 11) is 0. The van der Waals surface area contributed by atoms with Gasteiger partial charge in [0.1, 0.15) is 0 Å². The average molecular weight is 274 g/mol. The largest absolute Gasteiger partial charge is 0.326 e. The zero-order chi connectivity index (χ0) is 14.5. The fourth-order valence-electron chi connectivity index (χ4n) is 3.48. The first kappa shape index (κ1) is 15.5. The molecular weight excluding hydrogens is 244 g/mol. The Morgan fingerprint density at radius 3 is 2.40 bits per heavy atom. The Morgan fingerprint density at radius 1 is 1.20 bits per heavy atom. The van der Waals surface area contributed by atoms with E-state index in [1.807, 2.05) is 0 Å². The Balaban J connectivity index is 2.19. The van der Waals surface area contributed by atoms with Crippen molar-refractivity contribution in [2.45, 2.75) is 58.5 Å². The van der Waals surface area contributed by atoms with E-state index in [1.165, 1.54) is 43.5 Å². The molecule has 2 rings (SSSR count). The fourth-order valence-corrected chi connectivity index (χ4v) is 3.48. The van der Waals surface area contributed by atoms with E-state index in [4.69, 9.17) is 5.73 Å². The second kappa shape index (κ2) is 7.24. The van der Waals surface area contributed by atoms with Crippen molar-refractivity contribution in [3.05, 3.63) is 35.4 Å². The van der Waals surface area contributed by atoms with Gasteiger partial charge in [0.25, 0.3) is 0 Å². The monoisotopic (exact) mass is 274 g/mol. The van der Waals surface area contributed by atoms with Gasteiger partial charge in [-0.25, -0.2) is 0 Å². The van der Waals surface area contributed by atoms with E-state index in [2.05, 4.69) is 49.9 Å². The highest BCUT2D eigenvalue weighted by Crippen LogP contribution is 2.32. The normalized spacial score (nSPS) is 20.8. The van der Waals surface area contributed by atoms with Gasteiger partial charge in [-0.3, -0.25) is 4.90 Å². The summed E-state index contributed by atoms with van der Waals surface area (Å²) in [5.41, 5.74) is 9.28. The molecule has 1 heterocycles. The van der Waals surface area contributed by atoms with E-state index in [1.54, 1.807) is 0 Å². The van der Waals surface area contributed by atoms with Gasteiger partial charge in [-0.15, -0.1) is 0 Å². The molecule has 0 bridgehead atoms. The van der Waals surface area contributed by atoms with Crippen LogP contribution in [0.2, 0.25) is 0 Å². The van der Waals surface area contributed by atoms with E-state index in [-0.39, 0.29) is 6.04 Å². The molecule has 1 saturated heterocycles. The highest BCUT2D eigenvalue weighted by atomic mass is 15.2. The molecule has 1 aliphatic heterocycles. The van der Waals surface area contributed by atoms with Gasteiger partial charge in [0.15, 0.2) is 0 Å². The molecule has 0 radical (unpaired) electrons. The van der Waals surface area contributed by atoms with Crippen LogP contribution >= 0.6 is 0 Å². The van der Waals surface area contributed by atoms with Crippen molar-refractivity contribution in [1.29, 1.82) is 0 Å². The van der Waals surface area contributed by atoms with Crippen LogP contribution in [-0.4, -0.2) is 24.0 Å². The molecule has 112 valence electrons. The van der Waals surface area contributed by atoms with Crippen LogP contribution < -0.4 is 5.73 Å². The summed E-state index contributed by atoms with van der Waals surface area (Å²) in [6.07, 6.45) is 5.01. The number of aryl methyl sites for hydroxylation is 1. The first-order valence-corrected chi connectivity index (χ1v) is 8.22. The van der Waals surface area contributed by atoms with Crippen LogP contribution in [0.5, 0.6) is 0 Å². The van der Waals surface area contributed by atoms with Gasteiger partial charge in [0, 0.05) is 6.04 Å². The maximum atomic E-state index is 6.47. The number of hydrogen-bond donors (Lipinski definition) is 1. The van der Waals surface area contributed by atoms with Crippen molar-refractivity contribution in [2.75, 3.05) is 13.1 Å². The molecule has 0 spiro atoms. The van der Waals surface area contributed by atoms with Crippen LogP contribution in [-0.2, 0) is 0 Å². The molecule has 0 aromatic heterocycles. The zero-order valence-electron chi connectivity index (χ0n) is 13.3. The lowest BCUT2D eigenvalue weighted by Gasteiger charge is -2.40. The van der Waals surface area contributed by atoms with Crippen molar-refractivity contribution in [3.63, 3.8) is 0 Å². The van der Waals surface area contributed by atoms with Crippen molar-refractivity contribution in [2.24, 2.45) is 11.7 Å². The summed E-state index contributed by atoms with van der Waals surface area (Å²) in [5, 5.41) is 0. The van der Waals surface area contributed by atoms with Crippen LogP contribution in [0.25, 0.3) is 0 Å². The van der Waals surface area contributed by atoms with Crippen molar-refractivity contribution >= 4 is 0 Å². The highest BCUT2D eigenvalue weighted by Gasteiger charge is 2.29. The van der Waals surface area contributed by atoms with E-state index < -0.39 is 0 Å². The number of hydrogen-bond acceptors (Lipinski definition) is 2. The Hall–Kier alpha value is -0.860. The van der Waals surface area contributed by atoms with Gasteiger partial charge >= 0.3 is 0 Å². The third-order valence-electron chi connectivity index (χ3n) is 5.00. The summed E-state index contributed by atoms with van der Waals surface area (Å²) >= 11 is 0. The number of piperidine rings is 1. The van der Waals surface area contributed by atoms with E-state index >= 15 is 0 Å². The summed E-state index contributed by atoms with van der Waals surface area (Å²) < 4.78 is 0. The third kappa shape index (κ3) is 3.42. The van der Waals surface area contributed by atoms with Gasteiger partial charge < -0.3 is 5.73 Å². The molecule has 2 N–H and O–H groups in total. The van der Waals surface area contributed by atoms with Crippen LogP contribution in [0.1, 0.15) is 56.7 Å². The fraction of sp³-hybridized carbons (Fsp3) is 0.667. The topological polar surface area (TPSA) is 29.3 Å². The van der Waals surface area contributed by atoms with Crippen LogP contribution in [0.3, 0.4) is 0 Å². The quantitative estimate of drug-likeness (QED) is 0.882. The lowest BCUT2D eigenvalue weighted by Crippen LogP contribution is -2.44. The first-order valence-electron chi connectivity index (χ1n) is 8.22. The predicted octanol–water partition coefficient (Wildman–Crippen LogP) is 3.90. The Labute approximate surface area is 124 Å². The zero-order valence-corrected chi connectivity index (χ0v) is 13.3. The highest BCUT2D eigenvalue weighted by molar-refractivity contribution is 5.30. The third-order valence-corrected chi connectivity index (χ3v) is 5.00. The van der Waals surface area contributed by atoms with Crippen molar-refractivity contribution in [3.8, 4) is 0 Å². The minimum Gasteiger partial charge on any atom is -0.326 e. The number of rotatable bonds is 5. The second-order valence-electron chi connectivity index (χ2n) is 6.26. The second-order valence-corrected chi connectivity index (χ2v) is 6.26.